The number of carboxylic acids is 1. The van der Waals surface area contributed by atoms with Crippen LogP contribution in [0.2, 0.25) is 0 Å². The molecule has 16 heavy (non-hydrogen) atoms. The lowest BCUT2D eigenvalue weighted by Crippen LogP contribution is -2.48. The molecule has 0 aromatic rings. The van der Waals surface area contributed by atoms with Crippen LogP contribution in [0.4, 0.5) is 4.79 Å². The molecular weight excluding hydrogens is 208 g/mol. The van der Waals surface area contributed by atoms with Gasteiger partial charge in [0.1, 0.15) is 6.04 Å². The predicted molar refractivity (Wildman–Crippen MR) is 62.2 cm³/mol. The van der Waals surface area contributed by atoms with Crippen LogP contribution in [-0.2, 0) is 4.79 Å². The van der Waals surface area contributed by atoms with Gasteiger partial charge in [-0.2, -0.15) is 0 Å². The summed E-state index contributed by atoms with van der Waals surface area (Å²) < 4.78 is 0. The van der Waals surface area contributed by atoms with Crippen molar-refractivity contribution in [3.63, 3.8) is 0 Å². The van der Waals surface area contributed by atoms with E-state index in [2.05, 4.69) is 17.2 Å². The molecule has 0 saturated carbocycles. The fourth-order valence-corrected chi connectivity index (χ4v) is 1.15. The molecule has 0 aromatic carbocycles. The Morgan fingerprint density at radius 1 is 1.44 bits per heavy atom. The lowest BCUT2D eigenvalue weighted by molar-refractivity contribution is -0.140. The molecule has 0 aliphatic rings. The van der Waals surface area contributed by atoms with Gasteiger partial charge in [0.25, 0.3) is 0 Å². The molecule has 0 rings (SSSR count). The Morgan fingerprint density at radius 2 is 2.06 bits per heavy atom. The van der Waals surface area contributed by atoms with Crippen LogP contribution in [0.15, 0.2) is 12.7 Å². The first-order valence-corrected chi connectivity index (χ1v) is 5.37. The summed E-state index contributed by atoms with van der Waals surface area (Å²) in [5, 5.41) is 13.9. The number of aliphatic carboxylic acids is 1. The van der Waals surface area contributed by atoms with Crippen molar-refractivity contribution in [2.45, 2.75) is 32.7 Å². The second-order valence-electron chi connectivity index (χ2n) is 3.89. The average Bonchev–Trinajstić information content (AvgIpc) is 2.20. The second-order valence-corrected chi connectivity index (χ2v) is 3.89. The molecule has 0 saturated heterocycles. The second kappa shape index (κ2) is 7.73. The molecule has 2 amide bonds. The molecule has 0 radical (unpaired) electrons. The average molecular weight is 228 g/mol. The third kappa shape index (κ3) is 6.06. The Kier molecular flexibility index (Phi) is 7.00. The lowest BCUT2D eigenvalue weighted by atomic mass is 10.1. The van der Waals surface area contributed by atoms with E-state index in [1.807, 2.05) is 0 Å². The summed E-state index contributed by atoms with van der Waals surface area (Å²) in [5.41, 5.74) is 0. The zero-order chi connectivity index (χ0) is 12.6. The van der Waals surface area contributed by atoms with E-state index in [9.17, 15) is 9.59 Å². The van der Waals surface area contributed by atoms with E-state index in [1.165, 1.54) is 0 Å². The van der Waals surface area contributed by atoms with Gasteiger partial charge in [0.2, 0.25) is 0 Å². The Morgan fingerprint density at radius 3 is 2.50 bits per heavy atom. The molecule has 0 fully saturated rings. The zero-order valence-corrected chi connectivity index (χ0v) is 9.82. The summed E-state index contributed by atoms with van der Waals surface area (Å²) in [4.78, 5) is 22.1. The standard InChI is InChI=1S/C11H20N2O3/c1-4-5-6-7-12-11(16)13-9(8(2)3)10(14)15/h4,8-9H,1,5-7H2,2-3H3,(H,14,15)(H2,12,13,16)/t9-/m0/s1. The van der Waals surface area contributed by atoms with Crippen LogP contribution < -0.4 is 10.6 Å². The van der Waals surface area contributed by atoms with Crippen LogP contribution >= 0.6 is 0 Å². The number of rotatable bonds is 7. The van der Waals surface area contributed by atoms with E-state index in [1.54, 1.807) is 19.9 Å². The molecule has 3 N–H and O–H groups in total. The van der Waals surface area contributed by atoms with Crippen molar-refractivity contribution in [2.75, 3.05) is 6.54 Å². The number of hydrogen-bond acceptors (Lipinski definition) is 2. The molecule has 1 atom stereocenters. The van der Waals surface area contributed by atoms with Crippen molar-refractivity contribution >= 4 is 12.0 Å². The highest BCUT2D eigenvalue weighted by Crippen LogP contribution is 2.01. The van der Waals surface area contributed by atoms with E-state index >= 15 is 0 Å². The summed E-state index contributed by atoms with van der Waals surface area (Å²) in [6.45, 7) is 7.58. The van der Waals surface area contributed by atoms with E-state index in [4.69, 9.17) is 5.11 Å². The quantitative estimate of drug-likeness (QED) is 0.455. The molecule has 0 aliphatic heterocycles. The van der Waals surface area contributed by atoms with Crippen LogP contribution in [0, 0.1) is 5.92 Å². The number of carboxylic acid groups (broad SMARTS) is 1. The van der Waals surface area contributed by atoms with Crippen molar-refractivity contribution in [3.05, 3.63) is 12.7 Å². The fraction of sp³-hybridized carbons (Fsp3) is 0.636. The molecule has 0 aromatic heterocycles. The lowest BCUT2D eigenvalue weighted by Gasteiger charge is -2.18. The van der Waals surface area contributed by atoms with Gasteiger partial charge in [0.05, 0.1) is 0 Å². The van der Waals surface area contributed by atoms with Gasteiger partial charge in [-0.15, -0.1) is 6.58 Å². The van der Waals surface area contributed by atoms with E-state index in [-0.39, 0.29) is 5.92 Å². The number of unbranched alkanes of at least 4 members (excludes halogenated alkanes) is 1. The molecule has 0 aliphatic carbocycles. The van der Waals surface area contributed by atoms with Crippen LogP contribution in [0.3, 0.4) is 0 Å². The maximum Gasteiger partial charge on any atom is 0.326 e. The maximum atomic E-state index is 11.3. The molecule has 92 valence electrons. The predicted octanol–water partition coefficient (Wildman–Crippen LogP) is 1.36. The summed E-state index contributed by atoms with van der Waals surface area (Å²) in [6.07, 6.45) is 3.40. The van der Waals surface area contributed by atoms with Crippen LogP contribution in [0.25, 0.3) is 0 Å². The summed E-state index contributed by atoms with van der Waals surface area (Å²) in [6, 6.07) is -1.29. The number of allylic oxidation sites excluding steroid dienone is 1. The number of nitrogens with one attached hydrogen (secondary N) is 2. The van der Waals surface area contributed by atoms with Gasteiger partial charge >= 0.3 is 12.0 Å². The fourth-order valence-electron chi connectivity index (χ4n) is 1.15. The van der Waals surface area contributed by atoms with E-state index in [0.717, 1.165) is 12.8 Å². The Balaban J connectivity index is 3.91. The highest BCUT2D eigenvalue weighted by Gasteiger charge is 2.22. The van der Waals surface area contributed by atoms with Gasteiger partial charge < -0.3 is 15.7 Å². The topological polar surface area (TPSA) is 78.4 Å². The van der Waals surface area contributed by atoms with Crippen molar-refractivity contribution in [3.8, 4) is 0 Å². The molecule has 5 nitrogen and oxygen atoms in total. The Bertz CT molecular complexity index is 252. The van der Waals surface area contributed by atoms with Gasteiger partial charge in [-0.05, 0) is 18.8 Å². The number of carbonyl (C=O) groups excluding carboxylic acids is 1. The first kappa shape index (κ1) is 14.5. The molecule has 0 spiro atoms. The van der Waals surface area contributed by atoms with Gasteiger partial charge in [-0.1, -0.05) is 19.9 Å². The smallest absolute Gasteiger partial charge is 0.326 e. The number of amides is 2. The first-order valence-electron chi connectivity index (χ1n) is 5.37. The Hall–Kier alpha value is -1.52. The normalized spacial score (nSPS) is 11.9. The molecule has 0 heterocycles. The van der Waals surface area contributed by atoms with Crippen molar-refractivity contribution in [2.24, 2.45) is 5.92 Å². The van der Waals surface area contributed by atoms with Crippen molar-refractivity contribution in [1.82, 2.24) is 10.6 Å². The maximum absolute atomic E-state index is 11.3. The minimum Gasteiger partial charge on any atom is -0.480 e. The molecule has 5 heteroatoms. The molecule has 0 bridgehead atoms. The number of hydrogen-bond donors (Lipinski definition) is 3. The van der Waals surface area contributed by atoms with E-state index < -0.39 is 18.0 Å². The summed E-state index contributed by atoms with van der Waals surface area (Å²) >= 11 is 0. The van der Waals surface area contributed by atoms with Crippen LogP contribution in [0.1, 0.15) is 26.7 Å². The van der Waals surface area contributed by atoms with Crippen molar-refractivity contribution in [1.29, 1.82) is 0 Å². The van der Waals surface area contributed by atoms with Gasteiger partial charge in [0, 0.05) is 6.54 Å². The SMILES string of the molecule is C=CCCCNC(=O)N[C@H](C(=O)O)C(C)C. The van der Waals surface area contributed by atoms with Crippen LogP contribution in [-0.4, -0.2) is 29.7 Å². The summed E-state index contributed by atoms with van der Waals surface area (Å²) in [7, 11) is 0. The van der Waals surface area contributed by atoms with E-state index in [0.29, 0.717) is 6.54 Å². The monoisotopic (exact) mass is 228 g/mol. The number of urea groups is 1. The minimum absolute atomic E-state index is 0.142. The van der Waals surface area contributed by atoms with Gasteiger partial charge in [-0.25, -0.2) is 9.59 Å². The Labute approximate surface area is 95.9 Å². The van der Waals surface area contributed by atoms with Gasteiger partial charge in [-0.3, -0.25) is 0 Å². The highest BCUT2D eigenvalue weighted by atomic mass is 16.4. The molecular formula is C11H20N2O3. The zero-order valence-electron chi connectivity index (χ0n) is 9.82. The number of carbonyl (C=O) groups is 2. The van der Waals surface area contributed by atoms with Gasteiger partial charge in [0.15, 0.2) is 0 Å². The van der Waals surface area contributed by atoms with Crippen molar-refractivity contribution < 1.29 is 14.7 Å². The minimum atomic E-state index is -1.02. The third-order valence-corrected chi connectivity index (χ3v) is 2.09. The molecule has 0 unspecified atom stereocenters. The largest absolute Gasteiger partial charge is 0.480 e. The highest BCUT2D eigenvalue weighted by molar-refractivity contribution is 5.82. The third-order valence-electron chi connectivity index (χ3n) is 2.09. The van der Waals surface area contributed by atoms with Crippen LogP contribution in [0.5, 0.6) is 0 Å². The first-order chi connectivity index (χ1) is 7.49. The summed E-state index contributed by atoms with van der Waals surface area (Å²) in [5.74, 6) is -1.16.